The molecule has 0 bridgehead atoms. The molecule has 0 radical (unpaired) electrons. The van der Waals surface area contributed by atoms with Crippen LogP contribution in [0.2, 0.25) is 0 Å². The van der Waals surface area contributed by atoms with Crippen LogP contribution in [0.1, 0.15) is 10.4 Å². The second kappa shape index (κ2) is 5.07. The maximum absolute atomic E-state index is 12.2. The van der Waals surface area contributed by atoms with Gasteiger partial charge in [-0.25, -0.2) is 0 Å². The molecule has 2 rings (SSSR count). The highest BCUT2D eigenvalue weighted by molar-refractivity contribution is 9.26. The van der Waals surface area contributed by atoms with E-state index in [1.807, 2.05) is 0 Å². The lowest BCUT2D eigenvalue weighted by molar-refractivity contribution is -0.115. The number of ketones is 1. The van der Waals surface area contributed by atoms with Gasteiger partial charge >= 0.3 is 0 Å². The number of benzene rings is 1. The molecule has 0 spiro atoms. The molecule has 1 aliphatic rings. The highest BCUT2D eigenvalue weighted by Gasteiger charge is 2.47. The smallest absolute Gasteiger partial charge is 0.296 e. The molecular formula is C9H5Br2NO8S2. The lowest BCUT2D eigenvalue weighted by atomic mass is 10.0. The van der Waals surface area contributed by atoms with Crippen molar-refractivity contribution >= 4 is 69.5 Å². The van der Waals surface area contributed by atoms with Crippen molar-refractivity contribution < 1.29 is 35.5 Å². The van der Waals surface area contributed by atoms with Gasteiger partial charge in [0, 0.05) is 5.56 Å². The summed E-state index contributed by atoms with van der Waals surface area (Å²) in [7, 11) is -9.85. The van der Waals surface area contributed by atoms with E-state index in [2.05, 4.69) is 37.2 Å². The summed E-state index contributed by atoms with van der Waals surface area (Å²) in [5, 5.41) is 2.07. The van der Waals surface area contributed by atoms with E-state index in [1.165, 1.54) is 0 Å². The first-order valence-corrected chi connectivity index (χ1v) is 9.60. The van der Waals surface area contributed by atoms with Crippen molar-refractivity contribution in [3.63, 3.8) is 0 Å². The fourth-order valence-electron chi connectivity index (χ4n) is 1.71. The predicted molar refractivity (Wildman–Crippen MR) is 79.6 cm³/mol. The lowest BCUT2D eigenvalue weighted by Crippen LogP contribution is -2.44. The SMILES string of the molecule is O=C1Nc2c(cc(S(=O)(=O)O)cc2S(=O)(=O)O)C(=O)C1(Br)Br. The number of rotatable bonds is 2. The van der Waals surface area contributed by atoms with Crippen LogP contribution in [-0.2, 0) is 25.0 Å². The Hall–Kier alpha value is -0.860. The Morgan fingerprint density at radius 2 is 1.55 bits per heavy atom. The molecule has 13 heteroatoms. The first-order valence-electron chi connectivity index (χ1n) is 5.13. The van der Waals surface area contributed by atoms with Gasteiger partial charge in [-0.3, -0.25) is 18.7 Å². The molecule has 0 aliphatic carbocycles. The van der Waals surface area contributed by atoms with E-state index in [1.54, 1.807) is 0 Å². The molecule has 0 saturated carbocycles. The summed E-state index contributed by atoms with van der Waals surface area (Å²) in [5.41, 5.74) is -1.12. The monoisotopic (exact) mass is 477 g/mol. The highest BCUT2D eigenvalue weighted by atomic mass is 79.9. The van der Waals surface area contributed by atoms with Gasteiger partial charge in [-0.1, -0.05) is 31.9 Å². The first kappa shape index (κ1) is 17.5. The molecule has 0 saturated heterocycles. The van der Waals surface area contributed by atoms with Crippen molar-refractivity contribution in [3.05, 3.63) is 17.7 Å². The van der Waals surface area contributed by atoms with E-state index in [0.717, 1.165) is 0 Å². The minimum Gasteiger partial charge on any atom is -0.322 e. The van der Waals surface area contributed by atoms with E-state index < -0.39 is 56.2 Å². The highest BCUT2D eigenvalue weighted by Crippen LogP contribution is 2.41. The van der Waals surface area contributed by atoms with Crippen molar-refractivity contribution in [3.8, 4) is 0 Å². The van der Waals surface area contributed by atoms with Crippen LogP contribution < -0.4 is 5.32 Å². The number of hydrogen-bond donors (Lipinski definition) is 3. The first-order chi connectivity index (χ1) is 9.76. The third kappa shape index (κ3) is 2.83. The summed E-state index contributed by atoms with van der Waals surface area (Å²) in [6.07, 6.45) is 0. The minimum absolute atomic E-state index is 0.423. The second-order valence-corrected chi connectivity index (χ2v) is 10.4. The van der Waals surface area contributed by atoms with E-state index in [9.17, 15) is 26.4 Å². The van der Waals surface area contributed by atoms with Gasteiger partial charge in [0.25, 0.3) is 26.1 Å². The molecule has 0 unspecified atom stereocenters. The normalized spacial score (nSPS) is 17.8. The standard InChI is InChI=1S/C9H5Br2NO8S2/c10-9(11)7(13)4-1-3(21(15,16)17)2-5(22(18,19)20)6(4)12-8(9)14/h1-2H,(H,12,14)(H,15,16,17)(H,18,19,20). The summed E-state index contributed by atoms with van der Waals surface area (Å²) in [6, 6.07) is 1.10. The van der Waals surface area contributed by atoms with E-state index in [0.29, 0.717) is 12.1 Å². The molecule has 1 aromatic rings. The van der Waals surface area contributed by atoms with Crippen LogP contribution in [0.3, 0.4) is 0 Å². The van der Waals surface area contributed by atoms with Gasteiger partial charge in [-0.15, -0.1) is 0 Å². The van der Waals surface area contributed by atoms with Gasteiger partial charge in [0.2, 0.25) is 9.02 Å². The number of amides is 1. The summed E-state index contributed by atoms with van der Waals surface area (Å²) >= 11 is 5.55. The Labute approximate surface area is 140 Å². The molecule has 9 nitrogen and oxygen atoms in total. The zero-order chi connectivity index (χ0) is 17.1. The summed E-state index contributed by atoms with van der Waals surface area (Å²) in [6.45, 7) is 0. The second-order valence-electron chi connectivity index (χ2n) is 4.15. The molecule has 1 heterocycles. The Balaban J connectivity index is 2.94. The Kier molecular flexibility index (Phi) is 4.03. The van der Waals surface area contributed by atoms with Crippen molar-refractivity contribution in [1.82, 2.24) is 0 Å². The van der Waals surface area contributed by atoms with Gasteiger partial charge in [-0.2, -0.15) is 16.8 Å². The van der Waals surface area contributed by atoms with Crippen LogP contribution in [0.5, 0.6) is 0 Å². The molecule has 1 aliphatic heterocycles. The molecule has 0 fully saturated rings. The summed E-state index contributed by atoms with van der Waals surface area (Å²) in [5.74, 6) is -1.99. The maximum atomic E-state index is 12.2. The van der Waals surface area contributed by atoms with Crippen molar-refractivity contribution in [1.29, 1.82) is 0 Å². The van der Waals surface area contributed by atoms with Crippen LogP contribution in [0.15, 0.2) is 21.9 Å². The van der Waals surface area contributed by atoms with E-state index in [4.69, 9.17) is 9.11 Å². The number of carbonyl (C=O) groups is 2. The maximum Gasteiger partial charge on any atom is 0.296 e. The van der Waals surface area contributed by atoms with Crippen LogP contribution in [-0.4, -0.2) is 40.9 Å². The number of hydrogen-bond acceptors (Lipinski definition) is 6. The fourth-order valence-corrected chi connectivity index (χ4v) is 3.64. The topological polar surface area (TPSA) is 155 Å². The molecule has 3 N–H and O–H groups in total. The van der Waals surface area contributed by atoms with Gasteiger partial charge in [-0.05, 0) is 12.1 Å². The van der Waals surface area contributed by atoms with Crippen LogP contribution in [0.25, 0.3) is 0 Å². The number of anilines is 1. The van der Waals surface area contributed by atoms with Gasteiger partial charge in [0.1, 0.15) is 4.90 Å². The van der Waals surface area contributed by atoms with Gasteiger partial charge < -0.3 is 5.32 Å². The molecule has 22 heavy (non-hydrogen) atoms. The quantitative estimate of drug-likeness (QED) is 0.320. The van der Waals surface area contributed by atoms with E-state index in [-0.39, 0.29) is 0 Å². The number of halogens is 2. The molecule has 0 atom stereocenters. The van der Waals surface area contributed by atoms with Crippen LogP contribution >= 0.6 is 31.9 Å². The van der Waals surface area contributed by atoms with Crippen LogP contribution in [0, 0.1) is 0 Å². The Morgan fingerprint density at radius 1 is 1.00 bits per heavy atom. The number of carbonyl (C=O) groups excluding carboxylic acids is 2. The number of fused-ring (bicyclic) bond motifs is 1. The van der Waals surface area contributed by atoms with Gasteiger partial charge in [0.05, 0.1) is 10.6 Å². The zero-order valence-corrected chi connectivity index (χ0v) is 14.9. The summed E-state index contributed by atoms with van der Waals surface area (Å²) < 4.78 is 61.3. The molecule has 0 aromatic heterocycles. The lowest BCUT2D eigenvalue weighted by Gasteiger charge is -2.27. The molecular weight excluding hydrogens is 474 g/mol. The van der Waals surface area contributed by atoms with Crippen molar-refractivity contribution in [2.45, 2.75) is 13.0 Å². The third-order valence-corrected chi connectivity index (χ3v) is 5.85. The Bertz CT molecular complexity index is 919. The average molecular weight is 479 g/mol. The predicted octanol–water partition coefficient (Wildman–Crippen LogP) is 0.801. The third-order valence-electron chi connectivity index (χ3n) is 2.70. The Morgan fingerprint density at radius 3 is 2.00 bits per heavy atom. The number of alkyl halides is 2. The van der Waals surface area contributed by atoms with Crippen molar-refractivity contribution in [2.24, 2.45) is 0 Å². The number of Topliss-reactive ketones (excluding diaryl/α,β-unsaturated/α-hetero) is 1. The molecule has 1 aromatic carbocycles. The molecule has 1 amide bonds. The number of nitrogens with one attached hydrogen (secondary N) is 1. The zero-order valence-electron chi connectivity index (χ0n) is 10.1. The summed E-state index contributed by atoms with van der Waals surface area (Å²) in [4.78, 5) is 22.0. The average Bonchev–Trinajstić information content (AvgIpc) is 2.33. The fraction of sp³-hybridized carbons (Fsp3) is 0.111. The van der Waals surface area contributed by atoms with E-state index >= 15 is 0 Å². The largest absolute Gasteiger partial charge is 0.322 e. The van der Waals surface area contributed by atoms with Crippen LogP contribution in [0.4, 0.5) is 5.69 Å². The minimum atomic E-state index is -4.98. The van der Waals surface area contributed by atoms with Crippen molar-refractivity contribution in [2.75, 3.05) is 5.32 Å². The molecule has 120 valence electrons. The van der Waals surface area contributed by atoms with Gasteiger partial charge in [0.15, 0.2) is 0 Å².